The smallest absolute Gasteiger partial charge is 0.212 e. The molecule has 0 heterocycles. The van der Waals surface area contributed by atoms with E-state index in [0.717, 1.165) is 19.3 Å². The first-order valence-electron chi connectivity index (χ1n) is 3.51. The minimum absolute atomic E-state index is 0.0127. The monoisotopic (exact) mass is 134 g/mol. The highest BCUT2D eigenvalue weighted by Crippen LogP contribution is 2.17. The van der Waals surface area contributed by atoms with Crippen LogP contribution in [0.3, 0.4) is 0 Å². The highest BCUT2D eigenvalue weighted by Gasteiger charge is 2.14. The maximum absolute atomic E-state index is 10.9. The average Bonchev–Trinajstić information content (AvgIpc) is 2.05. The molecule has 1 aliphatic carbocycles. The summed E-state index contributed by atoms with van der Waals surface area (Å²) >= 11 is 0. The van der Waals surface area contributed by atoms with Crippen molar-refractivity contribution in [1.82, 2.24) is 0 Å². The molecule has 0 saturated carbocycles. The van der Waals surface area contributed by atoms with Crippen LogP contribution in [0.4, 0.5) is 0 Å². The van der Waals surface area contributed by atoms with Gasteiger partial charge in [-0.05, 0) is 25.2 Å². The Labute approximate surface area is 61.1 Å². The summed E-state index contributed by atoms with van der Waals surface area (Å²) in [6, 6.07) is 0. The van der Waals surface area contributed by atoms with Crippen LogP contribution in [-0.2, 0) is 4.79 Å². The first-order chi connectivity index (χ1) is 4.84. The van der Waals surface area contributed by atoms with Gasteiger partial charge in [-0.25, -0.2) is 0 Å². The van der Waals surface area contributed by atoms with Gasteiger partial charge in [0.15, 0.2) is 0 Å². The molecule has 0 aromatic heterocycles. The van der Waals surface area contributed by atoms with Crippen LogP contribution in [0.15, 0.2) is 12.2 Å². The fourth-order valence-electron chi connectivity index (χ4n) is 1.14. The number of rotatable bonds is 1. The lowest BCUT2D eigenvalue weighted by Gasteiger charge is -2.10. The molecule has 0 amide bonds. The predicted molar refractivity (Wildman–Crippen MR) is 40.3 cm³/mol. The molecule has 0 radical (unpaired) electrons. The quantitative estimate of drug-likeness (QED) is 0.302. The lowest BCUT2D eigenvalue weighted by molar-refractivity contribution is -0.116. The van der Waals surface area contributed by atoms with Gasteiger partial charge in [0.25, 0.3) is 0 Å². The molecule has 1 rings (SSSR count). The highest BCUT2D eigenvalue weighted by atomic mass is 16.1. The number of terminal acetylenes is 1. The number of carbonyl (C=O) groups excluding carboxylic acids is 1. The molecule has 0 bridgehead atoms. The molecule has 10 heavy (non-hydrogen) atoms. The summed E-state index contributed by atoms with van der Waals surface area (Å²) < 4.78 is 0. The molecule has 1 nitrogen and oxygen atoms in total. The number of hydrogen-bond donors (Lipinski definition) is 0. The fourth-order valence-corrected chi connectivity index (χ4v) is 1.14. The largest absolute Gasteiger partial charge is 0.284 e. The van der Waals surface area contributed by atoms with Gasteiger partial charge in [0.1, 0.15) is 0 Å². The third-order valence-electron chi connectivity index (χ3n) is 1.73. The van der Waals surface area contributed by atoms with E-state index >= 15 is 0 Å². The summed E-state index contributed by atoms with van der Waals surface area (Å²) in [4.78, 5) is 10.9. The van der Waals surface area contributed by atoms with E-state index in [0.29, 0.717) is 0 Å². The van der Waals surface area contributed by atoms with E-state index in [4.69, 9.17) is 6.42 Å². The SMILES string of the molecule is C#CC(=O)C1C=CCCC1. The Hall–Kier alpha value is -1.03. The van der Waals surface area contributed by atoms with Crippen molar-refractivity contribution in [2.75, 3.05) is 0 Å². The molecule has 0 spiro atoms. The van der Waals surface area contributed by atoms with Gasteiger partial charge in [-0.15, -0.1) is 6.42 Å². The second-order valence-electron chi connectivity index (χ2n) is 2.47. The Morgan fingerprint density at radius 1 is 1.70 bits per heavy atom. The van der Waals surface area contributed by atoms with Crippen molar-refractivity contribution < 1.29 is 4.79 Å². The van der Waals surface area contributed by atoms with E-state index in [1.165, 1.54) is 0 Å². The summed E-state index contributed by atoms with van der Waals surface area (Å²) in [6.45, 7) is 0. The molecule has 52 valence electrons. The van der Waals surface area contributed by atoms with Crippen molar-refractivity contribution >= 4 is 5.78 Å². The van der Waals surface area contributed by atoms with E-state index < -0.39 is 0 Å². The summed E-state index contributed by atoms with van der Waals surface area (Å²) in [5.74, 6) is 2.08. The van der Waals surface area contributed by atoms with E-state index in [1.54, 1.807) is 0 Å². The lowest BCUT2D eigenvalue weighted by atomic mass is 9.93. The van der Waals surface area contributed by atoms with Crippen molar-refractivity contribution in [3.63, 3.8) is 0 Å². The molecule has 0 aliphatic heterocycles. The first kappa shape index (κ1) is 7.08. The standard InChI is InChI=1S/C9H10O/c1-2-9(10)8-6-4-3-5-7-8/h1,4,6,8H,3,5,7H2. The van der Waals surface area contributed by atoms with Crippen molar-refractivity contribution in [2.45, 2.75) is 19.3 Å². The fraction of sp³-hybridized carbons (Fsp3) is 0.444. The Bertz CT molecular complexity index is 195. The van der Waals surface area contributed by atoms with Crippen LogP contribution >= 0.6 is 0 Å². The van der Waals surface area contributed by atoms with Gasteiger partial charge in [0.2, 0.25) is 5.78 Å². The van der Waals surface area contributed by atoms with E-state index in [-0.39, 0.29) is 11.7 Å². The molecule has 1 aliphatic rings. The van der Waals surface area contributed by atoms with Gasteiger partial charge >= 0.3 is 0 Å². The minimum atomic E-state index is -0.0732. The number of Topliss-reactive ketones (excluding diaryl/α,β-unsaturated/α-hetero) is 1. The van der Waals surface area contributed by atoms with Gasteiger partial charge in [-0.3, -0.25) is 4.79 Å². The van der Waals surface area contributed by atoms with Crippen LogP contribution in [-0.4, -0.2) is 5.78 Å². The zero-order valence-corrected chi connectivity index (χ0v) is 5.84. The molecule has 0 N–H and O–H groups in total. The van der Waals surface area contributed by atoms with Crippen molar-refractivity contribution in [3.8, 4) is 12.3 Å². The van der Waals surface area contributed by atoms with Crippen LogP contribution in [0.25, 0.3) is 0 Å². The van der Waals surface area contributed by atoms with Crippen LogP contribution in [0.1, 0.15) is 19.3 Å². The Morgan fingerprint density at radius 2 is 2.50 bits per heavy atom. The normalized spacial score (nSPS) is 23.7. The minimum Gasteiger partial charge on any atom is -0.284 e. The van der Waals surface area contributed by atoms with Gasteiger partial charge in [-0.2, -0.15) is 0 Å². The number of hydrogen-bond acceptors (Lipinski definition) is 1. The summed E-state index contributed by atoms with van der Waals surface area (Å²) in [6.07, 6.45) is 12.0. The van der Waals surface area contributed by atoms with Gasteiger partial charge in [0, 0.05) is 5.92 Å². The molecular formula is C9H10O. The third-order valence-corrected chi connectivity index (χ3v) is 1.73. The maximum atomic E-state index is 10.9. The van der Waals surface area contributed by atoms with E-state index in [2.05, 4.69) is 5.92 Å². The topological polar surface area (TPSA) is 17.1 Å². The van der Waals surface area contributed by atoms with Crippen LogP contribution in [0.2, 0.25) is 0 Å². The van der Waals surface area contributed by atoms with Crippen molar-refractivity contribution in [1.29, 1.82) is 0 Å². The second-order valence-corrected chi connectivity index (χ2v) is 2.47. The molecular weight excluding hydrogens is 124 g/mol. The zero-order valence-electron chi connectivity index (χ0n) is 5.84. The second kappa shape index (κ2) is 3.22. The Kier molecular flexibility index (Phi) is 2.28. The van der Waals surface area contributed by atoms with Crippen LogP contribution < -0.4 is 0 Å². The third kappa shape index (κ3) is 1.48. The van der Waals surface area contributed by atoms with Gasteiger partial charge in [0.05, 0.1) is 0 Å². The molecule has 1 heteroatoms. The molecule has 0 saturated heterocycles. The molecule has 0 aromatic rings. The molecule has 0 fully saturated rings. The van der Waals surface area contributed by atoms with Crippen LogP contribution in [0, 0.1) is 18.3 Å². The molecule has 1 unspecified atom stereocenters. The van der Waals surface area contributed by atoms with Crippen LogP contribution in [0.5, 0.6) is 0 Å². The number of allylic oxidation sites excluding steroid dienone is 2. The Morgan fingerprint density at radius 3 is 3.00 bits per heavy atom. The van der Waals surface area contributed by atoms with Gasteiger partial charge < -0.3 is 0 Å². The van der Waals surface area contributed by atoms with Crippen molar-refractivity contribution in [2.24, 2.45) is 5.92 Å². The van der Waals surface area contributed by atoms with Crippen molar-refractivity contribution in [3.05, 3.63) is 12.2 Å². The molecule has 0 aromatic carbocycles. The summed E-state index contributed by atoms with van der Waals surface area (Å²) in [5, 5.41) is 0. The number of carbonyl (C=O) groups is 1. The zero-order chi connectivity index (χ0) is 7.40. The average molecular weight is 134 g/mol. The van der Waals surface area contributed by atoms with E-state index in [1.807, 2.05) is 12.2 Å². The van der Waals surface area contributed by atoms with E-state index in [9.17, 15) is 4.79 Å². The maximum Gasteiger partial charge on any atom is 0.212 e. The highest BCUT2D eigenvalue weighted by molar-refractivity contribution is 5.97. The summed E-state index contributed by atoms with van der Waals surface area (Å²) in [5.41, 5.74) is 0. The number of ketones is 1. The van der Waals surface area contributed by atoms with Gasteiger partial charge in [-0.1, -0.05) is 12.2 Å². The summed E-state index contributed by atoms with van der Waals surface area (Å²) in [7, 11) is 0. The molecule has 1 atom stereocenters. The lowest BCUT2D eigenvalue weighted by Crippen LogP contribution is -2.11. The first-order valence-corrected chi connectivity index (χ1v) is 3.51. The predicted octanol–water partition coefficient (Wildman–Crippen LogP) is 1.54. The Balaban J connectivity index is 2.57.